The van der Waals surface area contributed by atoms with Crippen LogP contribution in [-0.4, -0.2) is 57.7 Å². The Bertz CT molecular complexity index is 378. The van der Waals surface area contributed by atoms with E-state index in [1.807, 2.05) is 0 Å². The molecular formula is C6H19NO5P2S. The summed E-state index contributed by atoms with van der Waals surface area (Å²) in [7, 11) is -6.56. The summed E-state index contributed by atoms with van der Waals surface area (Å²) in [6.07, 6.45) is 9.51. The Morgan fingerprint density at radius 2 is 1.40 bits per heavy atom. The van der Waals surface area contributed by atoms with Crippen molar-refractivity contribution in [3.63, 3.8) is 0 Å². The molecule has 0 fully saturated rings. The summed E-state index contributed by atoms with van der Waals surface area (Å²) < 4.78 is 7.67. The first-order chi connectivity index (χ1) is 6.27. The van der Waals surface area contributed by atoms with Crippen LogP contribution in [0.4, 0.5) is 0 Å². The summed E-state index contributed by atoms with van der Waals surface area (Å²) in [6.45, 7) is 0. The molecule has 0 aliphatic heterocycles. The molecule has 4 N–H and O–H groups in total. The van der Waals surface area contributed by atoms with Crippen molar-refractivity contribution in [1.82, 2.24) is 0 Å². The van der Waals surface area contributed by atoms with Crippen LogP contribution in [0.1, 0.15) is 0 Å². The van der Waals surface area contributed by atoms with Crippen LogP contribution in [0, 0.1) is 0 Å². The van der Waals surface area contributed by atoms with Gasteiger partial charge in [0.2, 0.25) is 15.1 Å². The first-order valence-corrected chi connectivity index (χ1v) is 9.72. The molecule has 0 saturated carbocycles. The molecule has 9 heteroatoms. The minimum atomic E-state index is -3.19. The molecule has 0 aromatic carbocycles. The van der Waals surface area contributed by atoms with E-state index in [2.05, 4.69) is 27.1 Å². The fraction of sp³-hybridized carbons (Fsp3) is 0.500. The van der Waals surface area contributed by atoms with Crippen molar-refractivity contribution in [3.8, 4) is 0 Å². The Morgan fingerprint density at radius 3 is 1.40 bits per heavy atom. The predicted molar refractivity (Wildman–Crippen MR) is 72.7 cm³/mol. The van der Waals surface area contributed by atoms with Gasteiger partial charge in [-0.1, -0.05) is 5.87 Å². The van der Waals surface area contributed by atoms with Crippen molar-refractivity contribution in [3.05, 3.63) is 0 Å². The molecule has 0 saturated heterocycles. The highest BCUT2D eigenvalue weighted by Crippen LogP contribution is 2.36. The van der Waals surface area contributed by atoms with Crippen molar-refractivity contribution >= 4 is 42.9 Å². The van der Waals surface area contributed by atoms with E-state index >= 15 is 0 Å². The largest absolute Gasteiger partial charge is 0.337 e. The zero-order valence-corrected chi connectivity index (χ0v) is 11.7. The molecule has 94 valence electrons. The number of hydrogen-bond donors (Lipinski definition) is 4. The molecule has 0 aromatic heterocycles. The Balaban J connectivity index is 0. The average molecular weight is 279 g/mol. The normalized spacial score (nSPS) is 12.7. The van der Waals surface area contributed by atoms with Crippen LogP contribution in [0.15, 0.2) is 4.13 Å². The SMILES string of the molecule is C=P(O)(O)N=S(=C)(C)C.C=P(O)(O)OC. The van der Waals surface area contributed by atoms with E-state index in [9.17, 15) is 0 Å². The van der Waals surface area contributed by atoms with Gasteiger partial charge in [-0.05, 0) is 25.1 Å². The van der Waals surface area contributed by atoms with Gasteiger partial charge in [-0.3, -0.25) is 0 Å². The van der Waals surface area contributed by atoms with E-state index in [-0.39, 0.29) is 0 Å². The highest BCUT2D eigenvalue weighted by atomic mass is 32.2. The third-order valence-electron chi connectivity index (χ3n) is 0.644. The summed E-state index contributed by atoms with van der Waals surface area (Å²) in [5.41, 5.74) is 0. The molecule has 0 bridgehead atoms. The van der Waals surface area contributed by atoms with Crippen molar-refractivity contribution in [2.45, 2.75) is 0 Å². The molecule has 0 aliphatic rings. The van der Waals surface area contributed by atoms with E-state index in [0.717, 1.165) is 0 Å². The zero-order chi connectivity index (χ0) is 12.9. The molecule has 6 nitrogen and oxygen atoms in total. The molecule has 0 radical (unpaired) electrons. The second-order valence-electron chi connectivity index (χ2n) is 3.10. The maximum Gasteiger partial charge on any atom is 0.245 e. The van der Waals surface area contributed by atoms with Crippen LogP contribution in [0.2, 0.25) is 0 Å². The lowest BCUT2D eigenvalue weighted by Gasteiger charge is -2.05. The van der Waals surface area contributed by atoms with E-state index in [1.165, 1.54) is 7.11 Å². The third-order valence-corrected chi connectivity index (χ3v) is 4.04. The van der Waals surface area contributed by atoms with Crippen LogP contribution >= 0.6 is 15.1 Å². The van der Waals surface area contributed by atoms with Gasteiger partial charge in [-0.2, -0.15) is 4.13 Å². The van der Waals surface area contributed by atoms with Crippen LogP contribution in [-0.2, 0) is 13.9 Å². The van der Waals surface area contributed by atoms with Crippen LogP contribution in [0.3, 0.4) is 0 Å². The van der Waals surface area contributed by atoms with E-state index in [4.69, 9.17) is 19.6 Å². The fourth-order valence-electron chi connectivity index (χ4n) is 0.354. The van der Waals surface area contributed by atoms with E-state index in [0.29, 0.717) is 0 Å². The molecule has 0 rings (SSSR count). The quantitative estimate of drug-likeness (QED) is 0.421. The smallest absolute Gasteiger partial charge is 0.245 e. The second-order valence-corrected chi connectivity index (χ2v) is 9.79. The van der Waals surface area contributed by atoms with Crippen molar-refractivity contribution < 1.29 is 24.1 Å². The van der Waals surface area contributed by atoms with Gasteiger partial charge in [0.15, 0.2) is 0 Å². The van der Waals surface area contributed by atoms with Gasteiger partial charge in [0.05, 0.1) is 0 Å². The van der Waals surface area contributed by atoms with Crippen molar-refractivity contribution in [1.29, 1.82) is 0 Å². The van der Waals surface area contributed by atoms with E-state index < -0.39 is 24.5 Å². The lowest BCUT2D eigenvalue weighted by molar-refractivity contribution is 0.304. The topological polar surface area (TPSA) is 103 Å². The minimum absolute atomic E-state index is 1.20. The maximum atomic E-state index is 8.72. The molecular weight excluding hydrogens is 260 g/mol. The Hall–Kier alpha value is 0.420. The number of nitrogens with zero attached hydrogens (tertiary/aromatic N) is 1. The first-order valence-electron chi connectivity index (χ1n) is 3.51. The summed E-state index contributed by atoms with van der Waals surface area (Å²) >= 11 is 0. The summed E-state index contributed by atoms with van der Waals surface area (Å²) in [6, 6.07) is 0. The first kappa shape index (κ1) is 17.8. The lowest BCUT2D eigenvalue weighted by Crippen LogP contribution is -1.89. The van der Waals surface area contributed by atoms with E-state index in [1.54, 1.807) is 12.5 Å². The summed E-state index contributed by atoms with van der Waals surface area (Å²) in [5, 5.41) is 0. The van der Waals surface area contributed by atoms with Gasteiger partial charge in [0.25, 0.3) is 0 Å². The van der Waals surface area contributed by atoms with Crippen LogP contribution < -0.4 is 0 Å². The zero-order valence-electron chi connectivity index (χ0n) is 9.07. The molecule has 0 heterocycles. The van der Waals surface area contributed by atoms with Gasteiger partial charge in [0, 0.05) is 7.11 Å². The third kappa shape index (κ3) is 25.1. The van der Waals surface area contributed by atoms with Gasteiger partial charge in [0.1, 0.15) is 0 Å². The molecule has 15 heavy (non-hydrogen) atoms. The number of rotatable bonds is 2. The summed E-state index contributed by atoms with van der Waals surface area (Å²) in [5.74, 6) is 3.64. The van der Waals surface area contributed by atoms with Gasteiger partial charge in [-0.15, -0.1) is 9.41 Å². The lowest BCUT2D eigenvalue weighted by atomic mass is 11.8. The van der Waals surface area contributed by atoms with Crippen molar-refractivity contribution in [2.24, 2.45) is 4.13 Å². The Kier molecular flexibility index (Phi) is 7.39. The van der Waals surface area contributed by atoms with Gasteiger partial charge < -0.3 is 24.1 Å². The van der Waals surface area contributed by atoms with Crippen LogP contribution in [0.25, 0.3) is 0 Å². The Labute approximate surface area is 91.2 Å². The fourth-order valence-corrected chi connectivity index (χ4v) is 3.19. The highest BCUT2D eigenvalue weighted by Gasteiger charge is 1.98. The molecule has 0 aliphatic carbocycles. The average Bonchev–Trinajstić information content (AvgIpc) is 1.78. The van der Waals surface area contributed by atoms with Gasteiger partial charge >= 0.3 is 0 Å². The van der Waals surface area contributed by atoms with Gasteiger partial charge in [-0.25, -0.2) is 0 Å². The molecule has 0 atom stereocenters. The monoisotopic (exact) mass is 279 g/mol. The standard InChI is InChI=1S/C4H12NO2PS.C2H7O3P/c1-8(6,7)5-9(2,3)4;1-5-6(2,3)4/h6-7H,1-2H2,3-4H3;3-4H,2H2,1H3. The molecule has 0 spiro atoms. The molecule has 0 aromatic rings. The molecule has 0 amide bonds. The summed E-state index contributed by atoms with van der Waals surface area (Å²) in [4.78, 5) is 33.8. The second kappa shape index (κ2) is 6.23. The van der Waals surface area contributed by atoms with Crippen LogP contribution in [0.5, 0.6) is 0 Å². The maximum absolute atomic E-state index is 8.72. The van der Waals surface area contributed by atoms with Crippen molar-refractivity contribution in [2.75, 3.05) is 19.6 Å². The number of hydrogen-bond acceptors (Lipinski definition) is 6. The predicted octanol–water partition coefficient (Wildman–Crippen LogP) is 0.00680. The Morgan fingerprint density at radius 1 is 1.13 bits per heavy atom. The highest BCUT2D eigenvalue weighted by molar-refractivity contribution is 8.03. The molecule has 0 unspecified atom stereocenters. The minimum Gasteiger partial charge on any atom is -0.337 e.